The van der Waals surface area contributed by atoms with Crippen molar-refractivity contribution >= 4 is 5.91 Å². The van der Waals surface area contributed by atoms with Gasteiger partial charge in [-0.1, -0.05) is 22.9 Å². The lowest BCUT2D eigenvalue weighted by Crippen LogP contribution is -2.40. The number of piperidine rings is 1. The van der Waals surface area contributed by atoms with Crippen molar-refractivity contribution in [1.82, 2.24) is 30.3 Å². The van der Waals surface area contributed by atoms with Crippen LogP contribution in [0, 0.1) is 19.8 Å². The van der Waals surface area contributed by atoms with Gasteiger partial charge in [-0.15, -0.1) is 0 Å². The Morgan fingerprint density at radius 3 is 2.47 bits per heavy atom. The van der Waals surface area contributed by atoms with Gasteiger partial charge in [-0.2, -0.15) is 4.98 Å². The Labute approximate surface area is 210 Å². The summed E-state index contributed by atoms with van der Waals surface area (Å²) in [5, 5.41) is 7.04. The smallest absolute Gasteiger partial charge is 0.258 e. The Kier molecular flexibility index (Phi) is 7.18. The van der Waals surface area contributed by atoms with Gasteiger partial charge in [-0.25, -0.2) is 4.98 Å². The summed E-state index contributed by atoms with van der Waals surface area (Å²) in [4.78, 5) is 28.2. The van der Waals surface area contributed by atoms with Gasteiger partial charge in [0.25, 0.3) is 5.89 Å². The van der Waals surface area contributed by atoms with Crippen LogP contribution < -0.4 is 5.32 Å². The fraction of sp³-hybridized carbons (Fsp3) is 0.370. The number of amides is 1. The quantitative estimate of drug-likeness (QED) is 0.398. The maximum absolute atomic E-state index is 12.7. The van der Waals surface area contributed by atoms with E-state index in [0.29, 0.717) is 30.6 Å². The lowest BCUT2D eigenvalue weighted by atomic mass is 9.95. The van der Waals surface area contributed by atoms with Gasteiger partial charge in [0.15, 0.2) is 5.82 Å². The zero-order valence-electron chi connectivity index (χ0n) is 20.6. The number of hydrogen-bond acceptors (Lipinski definition) is 8. The molecule has 0 saturated carbocycles. The number of oxazole rings is 1. The van der Waals surface area contributed by atoms with E-state index in [1.165, 1.54) is 5.56 Å². The summed E-state index contributed by atoms with van der Waals surface area (Å²) >= 11 is 0. The van der Waals surface area contributed by atoms with Crippen molar-refractivity contribution in [2.24, 2.45) is 5.92 Å². The molecule has 186 valence electrons. The molecule has 3 aromatic heterocycles. The van der Waals surface area contributed by atoms with Crippen molar-refractivity contribution in [3.05, 3.63) is 71.6 Å². The Morgan fingerprint density at radius 2 is 1.72 bits per heavy atom. The normalized spacial score (nSPS) is 14.7. The van der Waals surface area contributed by atoms with Crippen molar-refractivity contribution in [3.8, 4) is 22.9 Å². The molecule has 1 aliphatic heterocycles. The van der Waals surface area contributed by atoms with Gasteiger partial charge in [0, 0.05) is 48.9 Å². The molecule has 5 rings (SSSR count). The predicted octanol–water partition coefficient (Wildman–Crippen LogP) is 3.97. The maximum atomic E-state index is 12.7. The molecule has 36 heavy (non-hydrogen) atoms. The first-order valence-corrected chi connectivity index (χ1v) is 12.3. The number of benzene rings is 1. The van der Waals surface area contributed by atoms with Gasteiger partial charge in [-0.05, 0) is 64.0 Å². The predicted molar refractivity (Wildman–Crippen MR) is 134 cm³/mol. The molecule has 0 aliphatic carbocycles. The molecule has 4 heterocycles. The van der Waals surface area contributed by atoms with E-state index < -0.39 is 0 Å². The standard InChI is InChI=1S/C27H30N6O3/c1-18-3-5-21(6-4-18)26-30-23(19(2)35-26)17-33-15-10-20(11-16-33)25(34)29-14-9-24-31-27(36-32-24)22-7-12-28-13-8-22/h3-8,12-13,20H,9-11,14-17H2,1-2H3,(H,29,34). The zero-order valence-corrected chi connectivity index (χ0v) is 20.6. The number of likely N-dealkylation sites (tertiary alicyclic amines) is 1. The molecule has 1 N–H and O–H groups in total. The van der Waals surface area contributed by atoms with Gasteiger partial charge in [-0.3, -0.25) is 14.7 Å². The second-order valence-corrected chi connectivity index (χ2v) is 9.23. The second kappa shape index (κ2) is 10.8. The summed E-state index contributed by atoms with van der Waals surface area (Å²) in [5.74, 6) is 2.64. The molecule has 0 bridgehead atoms. The summed E-state index contributed by atoms with van der Waals surface area (Å²) in [6, 6.07) is 11.8. The van der Waals surface area contributed by atoms with Gasteiger partial charge in [0.05, 0.1) is 5.69 Å². The third kappa shape index (κ3) is 5.68. The van der Waals surface area contributed by atoms with Crippen LogP contribution >= 0.6 is 0 Å². The Hall–Kier alpha value is -3.85. The summed E-state index contributed by atoms with van der Waals surface area (Å²) in [6.07, 6.45) is 5.53. The Balaban J connectivity index is 1.06. The van der Waals surface area contributed by atoms with Crippen molar-refractivity contribution in [3.63, 3.8) is 0 Å². The van der Waals surface area contributed by atoms with Crippen molar-refractivity contribution in [2.45, 2.75) is 39.7 Å². The molecule has 0 unspecified atom stereocenters. The molecule has 1 fully saturated rings. The number of carbonyl (C=O) groups is 1. The first-order valence-electron chi connectivity index (χ1n) is 12.3. The zero-order chi connectivity index (χ0) is 24.9. The van der Waals surface area contributed by atoms with Crippen LogP contribution in [-0.4, -0.2) is 50.5 Å². The van der Waals surface area contributed by atoms with E-state index in [4.69, 9.17) is 13.9 Å². The molecular weight excluding hydrogens is 456 g/mol. The molecule has 1 aliphatic rings. The van der Waals surface area contributed by atoms with Gasteiger partial charge in [0.2, 0.25) is 11.8 Å². The third-order valence-corrected chi connectivity index (χ3v) is 6.57. The summed E-state index contributed by atoms with van der Waals surface area (Å²) in [6.45, 7) is 6.94. The van der Waals surface area contributed by atoms with Gasteiger partial charge in [0.1, 0.15) is 5.76 Å². The minimum Gasteiger partial charge on any atom is -0.441 e. The molecule has 1 saturated heterocycles. The highest BCUT2D eigenvalue weighted by Gasteiger charge is 2.26. The van der Waals surface area contributed by atoms with E-state index in [2.05, 4.69) is 44.4 Å². The number of aryl methyl sites for hydroxylation is 2. The molecule has 1 aromatic carbocycles. The lowest BCUT2D eigenvalue weighted by Gasteiger charge is -2.30. The topological polar surface area (TPSA) is 110 Å². The average molecular weight is 487 g/mol. The monoisotopic (exact) mass is 486 g/mol. The fourth-order valence-electron chi connectivity index (χ4n) is 4.37. The third-order valence-electron chi connectivity index (χ3n) is 6.57. The van der Waals surface area contributed by atoms with Crippen LogP contribution in [0.15, 0.2) is 57.7 Å². The summed E-state index contributed by atoms with van der Waals surface area (Å²) in [7, 11) is 0. The van der Waals surface area contributed by atoms with Crippen LogP contribution in [-0.2, 0) is 17.8 Å². The number of aromatic nitrogens is 4. The van der Waals surface area contributed by atoms with E-state index in [-0.39, 0.29) is 11.8 Å². The number of carbonyl (C=O) groups excluding carboxylic acids is 1. The average Bonchev–Trinajstić information content (AvgIpc) is 3.52. The van der Waals surface area contributed by atoms with Crippen LogP contribution in [0.4, 0.5) is 0 Å². The molecule has 0 atom stereocenters. The number of pyridine rings is 1. The Morgan fingerprint density at radius 1 is 1.00 bits per heavy atom. The molecule has 9 heteroatoms. The highest BCUT2D eigenvalue weighted by Crippen LogP contribution is 2.25. The molecule has 1 amide bonds. The number of hydrogen-bond donors (Lipinski definition) is 1. The minimum atomic E-state index is 0.0143. The van der Waals surface area contributed by atoms with Crippen molar-refractivity contribution in [2.75, 3.05) is 19.6 Å². The van der Waals surface area contributed by atoms with E-state index in [0.717, 1.165) is 55.1 Å². The van der Waals surface area contributed by atoms with E-state index >= 15 is 0 Å². The van der Waals surface area contributed by atoms with Crippen LogP contribution in [0.3, 0.4) is 0 Å². The largest absolute Gasteiger partial charge is 0.441 e. The molecule has 4 aromatic rings. The molecule has 0 spiro atoms. The van der Waals surface area contributed by atoms with Gasteiger partial charge < -0.3 is 14.3 Å². The minimum absolute atomic E-state index is 0.0143. The number of nitrogens with one attached hydrogen (secondary N) is 1. The second-order valence-electron chi connectivity index (χ2n) is 9.23. The summed E-state index contributed by atoms with van der Waals surface area (Å²) < 4.78 is 11.2. The van der Waals surface area contributed by atoms with E-state index in [1.807, 2.05) is 31.2 Å². The van der Waals surface area contributed by atoms with E-state index in [9.17, 15) is 4.79 Å². The van der Waals surface area contributed by atoms with Crippen LogP contribution in [0.25, 0.3) is 22.9 Å². The van der Waals surface area contributed by atoms with E-state index in [1.54, 1.807) is 12.4 Å². The highest BCUT2D eigenvalue weighted by molar-refractivity contribution is 5.78. The first-order chi connectivity index (χ1) is 17.5. The maximum Gasteiger partial charge on any atom is 0.258 e. The first kappa shape index (κ1) is 23.9. The Bertz CT molecular complexity index is 1290. The van der Waals surface area contributed by atoms with Crippen molar-refractivity contribution < 1.29 is 13.7 Å². The molecular formula is C27H30N6O3. The van der Waals surface area contributed by atoms with Crippen molar-refractivity contribution in [1.29, 1.82) is 0 Å². The van der Waals surface area contributed by atoms with Crippen LogP contribution in [0.5, 0.6) is 0 Å². The SMILES string of the molecule is Cc1ccc(-c2nc(CN3CCC(C(=O)NCCc4noc(-c5ccncc5)n4)CC3)c(C)o2)cc1. The lowest BCUT2D eigenvalue weighted by molar-refractivity contribution is -0.126. The van der Waals surface area contributed by atoms with Crippen LogP contribution in [0.1, 0.15) is 35.7 Å². The molecule has 9 nitrogen and oxygen atoms in total. The number of nitrogens with zero attached hydrogens (tertiary/aromatic N) is 5. The highest BCUT2D eigenvalue weighted by atomic mass is 16.5. The number of rotatable bonds is 8. The summed E-state index contributed by atoms with van der Waals surface area (Å²) in [5.41, 5.74) is 3.98. The fourth-order valence-corrected chi connectivity index (χ4v) is 4.37. The molecule has 0 radical (unpaired) electrons. The van der Waals surface area contributed by atoms with Gasteiger partial charge >= 0.3 is 0 Å². The van der Waals surface area contributed by atoms with Crippen LogP contribution in [0.2, 0.25) is 0 Å².